The van der Waals surface area contributed by atoms with Crippen molar-refractivity contribution in [3.8, 4) is 11.5 Å². The van der Waals surface area contributed by atoms with Gasteiger partial charge in [-0.15, -0.1) is 0 Å². The van der Waals surface area contributed by atoms with Crippen LogP contribution >= 0.6 is 0 Å². The second-order valence-electron chi connectivity index (χ2n) is 6.98. The zero-order valence-corrected chi connectivity index (χ0v) is 15.8. The zero-order chi connectivity index (χ0) is 20.1. The van der Waals surface area contributed by atoms with E-state index in [1.165, 1.54) is 4.90 Å². The Bertz CT molecular complexity index is 858. The number of nitrogens with one attached hydrogen (secondary N) is 1. The molecule has 0 spiro atoms. The summed E-state index contributed by atoms with van der Waals surface area (Å²) in [5.74, 6) is 0.152. The number of carboxylic acid groups (broad SMARTS) is 1. The fourth-order valence-electron chi connectivity index (χ4n) is 3.02. The van der Waals surface area contributed by atoms with Gasteiger partial charge in [0.25, 0.3) is 0 Å². The molecule has 1 atom stereocenters. The first-order valence-corrected chi connectivity index (χ1v) is 8.90. The number of methoxy groups -OCH3 is 1. The maximum absolute atomic E-state index is 12.5. The summed E-state index contributed by atoms with van der Waals surface area (Å²) >= 11 is 0. The average molecular weight is 385 g/mol. The van der Waals surface area contributed by atoms with Crippen LogP contribution in [0.2, 0.25) is 0 Å². The monoisotopic (exact) mass is 385 g/mol. The number of hydrogen-bond donors (Lipinski definition) is 2. The highest BCUT2D eigenvalue weighted by Gasteiger charge is 2.42. The molecule has 0 radical (unpaired) electrons. The molecule has 0 bridgehead atoms. The molecule has 2 aromatic rings. The number of aromatic nitrogens is 1. The van der Waals surface area contributed by atoms with Crippen molar-refractivity contribution in [1.82, 2.24) is 9.88 Å². The van der Waals surface area contributed by atoms with Crippen LogP contribution in [0.25, 0.3) is 0 Å². The standard InChI is InChI=1S/C20H23N3O5/c1-20(18(24)25)7-10-23(13-20)19(26)22-15-3-4-16(27-2)17(11-15)28-12-14-5-8-21-9-6-14/h3-6,8-9,11H,7,10,12-13H2,1-2H3,(H,22,26)(H,24,25). The maximum atomic E-state index is 12.5. The summed E-state index contributed by atoms with van der Waals surface area (Å²) in [5, 5.41) is 12.1. The summed E-state index contributed by atoms with van der Waals surface area (Å²) in [6, 6.07) is 8.47. The Morgan fingerprint density at radius 3 is 2.64 bits per heavy atom. The van der Waals surface area contributed by atoms with Crippen LogP contribution in [-0.2, 0) is 11.4 Å². The Hall–Kier alpha value is -3.29. The molecule has 2 amide bonds. The van der Waals surface area contributed by atoms with Gasteiger partial charge in [-0.05, 0) is 43.2 Å². The highest BCUT2D eigenvalue weighted by Crippen LogP contribution is 2.33. The summed E-state index contributed by atoms with van der Waals surface area (Å²) in [6.45, 7) is 2.56. The fraction of sp³-hybridized carbons (Fsp3) is 0.350. The van der Waals surface area contributed by atoms with Crippen LogP contribution in [-0.4, -0.2) is 47.2 Å². The Labute approximate surface area is 163 Å². The number of ether oxygens (including phenoxy) is 2. The van der Waals surface area contributed by atoms with E-state index in [4.69, 9.17) is 9.47 Å². The molecule has 2 heterocycles. The van der Waals surface area contributed by atoms with Gasteiger partial charge in [-0.25, -0.2) is 4.79 Å². The van der Waals surface area contributed by atoms with Gasteiger partial charge in [-0.1, -0.05) is 0 Å². The number of carbonyl (C=O) groups is 2. The third-order valence-electron chi connectivity index (χ3n) is 4.84. The fourth-order valence-corrected chi connectivity index (χ4v) is 3.02. The van der Waals surface area contributed by atoms with Crippen molar-refractivity contribution < 1.29 is 24.2 Å². The molecule has 1 unspecified atom stereocenters. The van der Waals surface area contributed by atoms with Gasteiger partial charge in [0.15, 0.2) is 11.5 Å². The minimum absolute atomic E-state index is 0.176. The zero-order valence-electron chi connectivity index (χ0n) is 15.8. The predicted octanol–water partition coefficient (Wildman–Crippen LogP) is 3.00. The van der Waals surface area contributed by atoms with Crippen molar-refractivity contribution in [2.24, 2.45) is 5.41 Å². The van der Waals surface area contributed by atoms with Crippen molar-refractivity contribution in [2.75, 3.05) is 25.5 Å². The molecule has 0 aliphatic carbocycles. The molecule has 8 nitrogen and oxygen atoms in total. The molecule has 2 N–H and O–H groups in total. The number of amides is 2. The van der Waals surface area contributed by atoms with Gasteiger partial charge in [0, 0.05) is 37.2 Å². The van der Waals surface area contributed by atoms with Crippen LogP contribution in [0, 0.1) is 5.41 Å². The number of likely N-dealkylation sites (tertiary alicyclic amines) is 1. The molecule has 0 saturated carbocycles. The number of hydrogen-bond acceptors (Lipinski definition) is 5. The van der Waals surface area contributed by atoms with Crippen LogP contribution in [0.4, 0.5) is 10.5 Å². The molecule has 1 aromatic heterocycles. The van der Waals surface area contributed by atoms with Gasteiger partial charge < -0.3 is 24.8 Å². The maximum Gasteiger partial charge on any atom is 0.321 e. The van der Waals surface area contributed by atoms with Crippen LogP contribution in [0.1, 0.15) is 18.9 Å². The van der Waals surface area contributed by atoms with E-state index in [1.54, 1.807) is 44.6 Å². The van der Waals surface area contributed by atoms with Crippen molar-refractivity contribution >= 4 is 17.7 Å². The first-order valence-electron chi connectivity index (χ1n) is 8.90. The number of carbonyl (C=O) groups excluding carboxylic acids is 1. The van der Waals surface area contributed by atoms with E-state index in [0.29, 0.717) is 36.8 Å². The lowest BCUT2D eigenvalue weighted by Crippen LogP contribution is -2.37. The van der Waals surface area contributed by atoms with E-state index in [-0.39, 0.29) is 12.6 Å². The van der Waals surface area contributed by atoms with Crippen LogP contribution in [0.5, 0.6) is 11.5 Å². The van der Waals surface area contributed by atoms with E-state index in [1.807, 2.05) is 12.1 Å². The molecule has 1 aromatic carbocycles. The second kappa shape index (κ2) is 8.16. The highest BCUT2D eigenvalue weighted by atomic mass is 16.5. The molecule has 1 fully saturated rings. The Morgan fingerprint density at radius 2 is 2.00 bits per heavy atom. The molecular weight excluding hydrogens is 362 g/mol. The normalized spacial score (nSPS) is 18.6. The number of carboxylic acids is 1. The first-order chi connectivity index (χ1) is 13.4. The van der Waals surface area contributed by atoms with Crippen molar-refractivity contribution in [3.05, 3.63) is 48.3 Å². The van der Waals surface area contributed by atoms with Gasteiger partial charge in [-0.3, -0.25) is 9.78 Å². The largest absolute Gasteiger partial charge is 0.493 e. The summed E-state index contributed by atoms with van der Waals surface area (Å²) in [6.07, 6.45) is 3.81. The molecule has 28 heavy (non-hydrogen) atoms. The Kier molecular flexibility index (Phi) is 5.67. The highest BCUT2D eigenvalue weighted by molar-refractivity contribution is 5.90. The third-order valence-corrected chi connectivity index (χ3v) is 4.84. The van der Waals surface area contributed by atoms with E-state index in [9.17, 15) is 14.7 Å². The lowest BCUT2D eigenvalue weighted by molar-refractivity contribution is -0.146. The summed E-state index contributed by atoms with van der Waals surface area (Å²) in [7, 11) is 1.55. The van der Waals surface area contributed by atoms with Crippen molar-refractivity contribution in [1.29, 1.82) is 0 Å². The lowest BCUT2D eigenvalue weighted by Gasteiger charge is -2.21. The van der Waals surface area contributed by atoms with E-state index >= 15 is 0 Å². The van der Waals surface area contributed by atoms with E-state index in [2.05, 4.69) is 10.3 Å². The smallest absolute Gasteiger partial charge is 0.321 e. The van der Waals surface area contributed by atoms with Crippen molar-refractivity contribution in [2.45, 2.75) is 20.0 Å². The third kappa shape index (κ3) is 4.33. The second-order valence-corrected chi connectivity index (χ2v) is 6.98. The first kappa shape index (κ1) is 19.5. The van der Waals surface area contributed by atoms with Gasteiger partial charge in [0.05, 0.1) is 12.5 Å². The number of pyridine rings is 1. The predicted molar refractivity (Wildman–Crippen MR) is 103 cm³/mol. The lowest BCUT2D eigenvalue weighted by atomic mass is 9.90. The Morgan fingerprint density at radius 1 is 1.25 bits per heavy atom. The Balaban J connectivity index is 1.67. The molecule has 148 valence electrons. The van der Waals surface area contributed by atoms with Gasteiger partial charge in [-0.2, -0.15) is 0 Å². The van der Waals surface area contributed by atoms with E-state index in [0.717, 1.165) is 5.56 Å². The number of urea groups is 1. The average Bonchev–Trinajstić information content (AvgIpc) is 3.11. The van der Waals surface area contributed by atoms with Gasteiger partial charge in [0.1, 0.15) is 6.61 Å². The molecule has 1 aliphatic heterocycles. The molecule has 1 aliphatic rings. The summed E-state index contributed by atoms with van der Waals surface area (Å²) in [5.41, 5.74) is 0.590. The quantitative estimate of drug-likeness (QED) is 0.793. The summed E-state index contributed by atoms with van der Waals surface area (Å²) in [4.78, 5) is 29.4. The molecule has 3 rings (SSSR count). The van der Waals surface area contributed by atoms with E-state index < -0.39 is 11.4 Å². The molecular formula is C20H23N3O5. The number of aliphatic carboxylic acids is 1. The number of benzene rings is 1. The number of anilines is 1. The molecule has 8 heteroatoms. The number of rotatable bonds is 6. The molecule has 1 saturated heterocycles. The topological polar surface area (TPSA) is 101 Å². The number of nitrogens with zero attached hydrogens (tertiary/aromatic N) is 2. The SMILES string of the molecule is COc1ccc(NC(=O)N2CCC(C)(C(=O)O)C2)cc1OCc1ccncc1. The summed E-state index contributed by atoms with van der Waals surface area (Å²) < 4.78 is 11.2. The van der Waals surface area contributed by atoms with Crippen LogP contribution in [0.15, 0.2) is 42.7 Å². The van der Waals surface area contributed by atoms with Crippen molar-refractivity contribution in [3.63, 3.8) is 0 Å². The minimum atomic E-state index is -0.907. The van der Waals surface area contributed by atoms with Gasteiger partial charge in [0.2, 0.25) is 0 Å². The minimum Gasteiger partial charge on any atom is -0.493 e. The van der Waals surface area contributed by atoms with Gasteiger partial charge >= 0.3 is 12.0 Å². The van der Waals surface area contributed by atoms with Crippen LogP contribution < -0.4 is 14.8 Å². The van der Waals surface area contributed by atoms with Crippen LogP contribution in [0.3, 0.4) is 0 Å².